The molecule has 2 unspecified atom stereocenters. The number of hydrogen-bond donors (Lipinski definition) is 1. The Morgan fingerprint density at radius 1 is 1.33 bits per heavy atom. The number of carbonyl (C=O) groups excluding carboxylic acids is 1. The third-order valence-electron chi connectivity index (χ3n) is 4.10. The van der Waals surface area contributed by atoms with Gasteiger partial charge in [-0.3, -0.25) is 9.59 Å². The number of nitrogens with zero attached hydrogens (tertiary/aromatic N) is 1. The van der Waals surface area contributed by atoms with Gasteiger partial charge in [0.2, 0.25) is 5.91 Å². The molecule has 1 amide bonds. The van der Waals surface area contributed by atoms with Gasteiger partial charge in [0.05, 0.1) is 25.7 Å². The average molecular weight is 291 g/mol. The van der Waals surface area contributed by atoms with E-state index >= 15 is 0 Å². The Morgan fingerprint density at radius 2 is 2.05 bits per heavy atom. The lowest BCUT2D eigenvalue weighted by atomic mass is 10.00. The second kappa shape index (κ2) is 6.26. The van der Waals surface area contributed by atoms with Crippen molar-refractivity contribution in [2.45, 2.75) is 26.3 Å². The molecule has 114 valence electrons. The zero-order chi connectivity index (χ0) is 15.6. The summed E-state index contributed by atoms with van der Waals surface area (Å²) in [4.78, 5) is 25.1. The summed E-state index contributed by atoms with van der Waals surface area (Å²) in [6, 6.07) is 5.62. The monoisotopic (exact) mass is 291 g/mol. The number of benzene rings is 1. The first-order valence-electron chi connectivity index (χ1n) is 7.02. The topological polar surface area (TPSA) is 66.8 Å². The van der Waals surface area contributed by atoms with Gasteiger partial charge in [0.25, 0.3) is 0 Å². The molecule has 0 saturated carbocycles. The van der Waals surface area contributed by atoms with Crippen LogP contribution in [0.15, 0.2) is 18.2 Å². The van der Waals surface area contributed by atoms with E-state index in [2.05, 4.69) is 0 Å². The van der Waals surface area contributed by atoms with Crippen LogP contribution in [0.5, 0.6) is 0 Å². The van der Waals surface area contributed by atoms with Crippen molar-refractivity contribution >= 4 is 11.9 Å². The summed E-state index contributed by atoms with van der Waals surface area (Å²) in [5, 5.41) is 9.17. The summed E-state index contributed by atoms with van der Waals surface area (Å²) >= 11 is 0. The van der Waals surface area contributed by atoms with E-state index in [4.69, 9.17) is 9.84 Å². The zero-order valence-electron chi connectivity index (χ0n) is 12.6. The average Bonchev–Trinajstić information content (AvgIpc) is 2.91. The van der Waals surface area contributed by atoms with Gasteiger partial charge >= 0.3 is 5.97 Å². The number of hydrogen-bond acceptors (Lipinski definition) is 3. The Balaban J connectivity index is 2.09. The van der Waals surface area contributed by atoms with E-state index in [-0.39, 0.29) is 31.6 Å². The Kier molecular flexibility index (Phi) is 4.63. The summed E-state index contributed by atoms with van der Waals surface area (Å²) < 4.78 is 5.22. The molecule has 1 heterocycles. The quantitative estimate of drug-likeness (QED) is 0.910. The van der Waals surface area contributed by atoms with Gasteiger partial charge in [-0.15, -0.1) is 0 Å². The number of amides is 1. The van der Waals surface area contributed by atoms with Gasteiger partial charge in [-0.1, -0.05) is 23.8 Å². The first-order chi connectivity index (χ1) is 9.90. The molecule has 5 nitrogen and oxygen atoms in total. The van der Waals surface area contributed by atoms with Crippen molar-refractivity contribution in [2.24, 2.45) is 5.92 Å². The van der Waals surface area contributed by atoms with Gasteiger partial charge in [-0.2, -0.15) is 0 Å². The number of carboxylic acid groups (broad SMARTS) is 1. The van der Waals surface area contributed by atoms with E-state index in [1.165, 1.54) is 4.90 Å². The molecule has 2 atom stereocenters. The van der Waals surface area contributed by atoms with Crippen molar-refractivity contribution in [2.75, 3.05) is 20.3 Å². The maximum Gasteiger partial charge on any atom is 0.311 e. The predicted molar refractivity (Wildman–Crippen MR) is 78.1 cm³/mol. The second-order valence-electron chi connectivity index (χ2n) is 5.66. The molecule has 1 aromatic rings. The molecule has 0 aromatic heterocycles. The fourth-order valence-corrected chi connectivity index (χ4v) is 2.62. The minimum atomic E-state index is -0.913. The van der Waals surface area contributed by atoms with Crippen molar-refractivity contribution in [1.29, 1.82) is 0 Å². The largest absolute Gasteiger partial charge is 0.481 e. The number of ether oxygens (including phenoxy) is 1. The van der Waals surface area contributed by atoms with E-state index in [0.29, 0.717) is 0 Å². The molecular weight excluding hydrogens is 270 g/mol. The summed E-state index contributed by atoms with van der Waals surface area (Å²) in [5.41, 5.74) is 3.16. The Labute approximate surface area is 124 Å². The SMILES string of the molecule is Cc1ccc(C)c(CC(=O)N(C)C2COCC2C(=O)O)c1. The number of likely N-dealkylation sites (N-methyl/N-ethyl adjacent to an activating group) is 1. The maximum atomic E-state index is 12.4. The second-order valence-corrected chi connectivity index (χ2v) is 5.66. The van der Waals surface area contributed by atoms with E-state index < -0.39 is 11.9 Å². The smallest absolute Gasteiger partial charge is 0.311 e. The molecule has 1 aliphatic rings. The fraction of sp³-hybridized carbons (Fsp3) is 0.500. The van der Waals surface area contributed by atoms with Crippen LogP contribution < -0.4 is 0 Å². The molecule has 0 bridgehead atoms. The van der Waals surface area contributed by atoms with Crippen LogP contribution in [0.1, 0.15) is 16.7 Å². The van der Waals surface area contributed by atoms with Crippen molar-refractivity contribution in [3.05, 3.63) is 34.9 Å². The summed E-state index contributed by atoms with van der Waals surface area (Å²) in [7, 11) is 1.66. The van der Waals surface area contributed by atoms with Gasteiger partial charge in [0.1, 0.15) is 5.92 Å². The highest BCUT2D eigenvalue weighted by molar-refractivity contribution is 5.80. The van der Waals surface area contributed by atoms with Crippen molar-refractivity contribution in [3.8, 4) is 0 Å². The van der Waals surface area contributed by atoms with E-state index in [0.717, 1.165) is 16.7 Å². The fourth-order valence-electron chi connectivity index (χ4n) is 2.62. The van der Waals surface area contributed by atoms with Gasteiger partial charge in [0, 0.05) is 7.05 Å². The molecule has 1 fully saturated rings. The van der Waals surface area contributed by atoms with Crippen molar-refractivity contribution in [1.82, 2.24) is 4.90 Å². The minimum absolute atomic E-state index is 0.0783. The Morgan fingerprint density at radius 3 is 2.71 bits per heavy atom. The van der Waals surface area contributed by atoms with Crippen LogP contribution in [0, 0.1) is 19.8 Å². The van der Waals surface area contributed by atoms with E-state index in [1.54, 1.807) is 7.05 Å². The summed E-state index contributed by atoms with van der Waals surface area (Å²) in [6.07, 6.45) is 0.285. The first-order valence-corrected chi connectivity index (χ1v) is 7.02. The zero-order valence-corrected chi connectivity index (χ0v) is 12.6. The molecule has 0 aliphatic carbocycles. The minimum Gasteiger partial charge on any atom is -0.481 e. The van der Waals surface area contributed by atoms with Crippen molar-refractivity contribution < 1.29 is 19.4 Å². The molecule has 1 N–H and O–H groups in total. The van der Waals surface area contributed by atoms with Crippen LogP contribution in [-0.2, 0) is 20.7 Å². The van der Waals surface area contributed by atoms with Gasteiger partial charge in [-0.05, 0) is 25.0 Å². The highest BCUT2D eigenvalue weighted by atomic mass is 16.5. The summed E-state index contributed by atoms with van der Waals surface area (Å²) in [5.74, 6) is -1.63. The number of carboxylic acids is 1. The van der Waals surface area contributed by atoms with Crippen LogP contribution in [0.3, 0.4) is 0 Å². The third kappa shape index (κ3) is 3.42. The molecule has 1 saturated heterocycles. The lowest BCUT2D eigenvalue weighted by Crippen LogP contribution is -2.44. The van der Waals surface area contributed by atoms with Gasteiger partial charge in [-0.25, -0.2) is 0 Å². The number of aryl methyl sites for hydroxylation is 2. The highest BCUT2D eigenvalue weighted by Gasteiger charge is 2.38. The highest BCUT2D eigenvalue weighted by Crippen LogP contribution is 2.20. The van der Waals surface area contributed by atoms with Crippen molar-refractivity contribution in [3.63, 3.8) is 0 Å². The molecule has 5 heteroatoms. The third-order valence-corrected chi connectivity index (χ3v) is 4.10. The van der Waals surface area contributed by atoms with Crippen LogP contribution in [0.25, 0.3) is 0 Å². The van der Waals surface area contributed by atoms with E-state index in [9.17, 15) is 9.59 Å². The molecule has 1 aromatic carbocycles. The van der Waals surface area contributed by atoms with Crippen LogP contribution in [0.4, 0.5) is 0 Å². The van der Waals surface area contributed by atoms with Crippen LogP contribution in [0.2, 0.25) is 0 Å². The lowest BCUT2D eigenvalue weighted by molar-refractivity contribution is -0.144. The van der Waals surface area contributed by atoms with Crippen LogP contribution in [-0.4, -0.2) is 48.2 Å². The lowest BCUT2D eigenvalue weighted by Gasteiger charge is -2.26. The van der Waals surface area contributed by atoms with E-state index in [1.807, 2.05) is 32.0 Å². The Hall–Kier alpha value is -1.88. The summed E-state index contributed by atoms with van der Waals surface area (Å²) in [6.45, 7) is 4.41. The molecule has 2 rings (SSSR count). The molecule has 21 heavy (non-hydrogen) atoms. The van der Waals surface area contributed by atoms with Gasteiger partial charge in [0.15, 0.2) is 0 Å². The number of rotatable bonds is 4. The van der Waals surface area contributed by atoms with Gasteiger partial charge < -0.3 is 14.7 Å². The number of aliphatic carboxylic acids is 1. The Bertz CT molecular complexity index is 555. The molecular formula is C16H21NO4. The first kappa shape index (κ1) is 15.5. The standard InChI is InChI=1S/C16H21NO4/c1-10-4-5-11(2)12(6-10)7-15(18)17(3)14-9-21-8-13(14)16(19)20/h4-6,13-14H,7-9H2,1-3H3,(H,19,20). The maximum absolute atomic E-state index is 12.4. The normalized spacial score (nSPS) is 21.3. The molecule has 0 spiro atoms. The molecule has 0 radical (unpaired) electrons. The predicted octanol–water partition coefficient (Wildman–Crippen LogP) is 1.40. The molecule has 1 aliphatic heterocycles. The van der Waals surface area contributed by atoms with Crippen LogP contribution >= 0.6 is 0 Å². The number of carbonyl (C=O) groups is 2.